The normalized spacial score (nSPS) is 17.5. The number of ether oxygens (including phenoxy) is 2. The molecular weight excluding hydrogens is 464 g/mol. The highest BCUT2D eigenvalue weighted by Crippen LogP contribution is 2.23. The molecule has 0 radical (unpaired) electrons. The van der Waals surface area contributed by atoms with Crippen LogP contribution in [0.3, 0.4) is 0 Å². The SMILES string of the molecule is Cc1ccc(SCCNC(=O)COC(=O)c2ccc(OCC(=O)N3C(C)CCCC3C)cc2)cc1. The van der Waals surface area contributed by atoms with Crippen LogP contribution < -0.4 is 10.1 Å². The van der Waals surface area contributed by atoms with Crippen molar-refractivity contribution >= 4 is 29.5 Å². The molecule has 2 aromatic rings. The Kier molecular flexibility index (Phi) is 10.0. The van der Waals surface area contributed by atoms with E-state index in [1.54, 1.807) is 36.0 Å². The largest absolute Gasteiger partial charge is 0.484 e. The molecular formula is C27H34N2O5S. The third-order valence-corrected chi connectivity index (χ3v) is 7.00. The van der Waals surface area contributed by atoms with Gasteiger partial charge in [0.05, 0.1) is 5.56 Å². The summed E-state index contributed by atoms with van der Waals surface area (Å²) in [5, 5.41) is 2.75. The molecule has 0 bridgehead atoms. The zero-order valence-corrected chi connectivity index (χ0v) is 21.4. The summed E-state index contributed by atoms with van der Waals surface area (Å²) in [7, 11) is 0. The molecule has 2 amide bonds. The van der Waals surface area contributed by atoms with E-state index in [4.69, 9.17) is 9.47 Å². The molecule has 0 saturated carbocycles. The van der Waals surface area contributed by atoms with Crippen LogP contribution in [0.4, 0.5) is 0 Å². The molecule has 0 aliphatic carbocycles. The van der Waals surface area contributed by atoms with Gasteiger partial charge in [0.15, 0.2) is 13.2 Å². The van der Waals surface area contributed by atoms with Crippen molar-refractivity contribution in [2.75, 3.05) is 25.5 Å². The second-order valence-corrected chi connectivity index (χ2v) is 10.00. The third kappa shape index (κ3) is 8.31. The Balaban J connectivity index is 1.35. The molecule has 2 aromatic carbocycles. The van der Waals surface area contributed by atoms with E-state index in [1.165, 1.54) is 5.56 Å². The van der Waals surface area contributed by atoms with E-state index in [9.17, 15) is 14.4 Å². The number of hydrogen-bond acceptors (Lipinski definition) is 6. The molecule has 1 heterocycles. The number of thioether (sulfide) groups is 1. The predicted octanol–water partition coefficient (Wildman–Crippen LogP) is 4.23. The minimum Gasteiger partial charge on any atom is -0.484 e. The fourth-order valence-electron chi connectivity index (χ4n) is 4.08. The maximum Gasteiger partial charge on any atom is 0.338 e. The van der Waals surface area contributed by atoms with Gasteiger partial charge in [0.2, 0.25) is 0 Å². The Bertz CT molecular complexity index is 984. The van der Waals surface area contributed by atoms with Crippen LogP contribution in [0.1, 0.15) is 49.0 Å². The van der Waals surface area contributed by atoms with Crippen LogP contribution in [-0.2, 0) is 14.3 Å². The molecule has 3 rings (SSSR count). The number of likely N-dealkylation sites (tertiary alicyclic amines) is 1. The predicted molar refractivity (Wildman–Crippen MR) is 137 cm³/mol. The second kappa shape index (κ2) is 13.2. The van der Waals surface area contributed by atoms with Crippen LogP contribution in [0.5, 0.6) is 5.75 Å². The van der Waals surface area contributed by atoms with E-state index in [0.29, 0.717) is 17.9 Å². The summed E-state index contributed by atoms with van der Waals surface area (Å²) in [6.07, 6.45) is 3.16. The minimum atomic E-state index is -0.590. The molecule has 2 atom stereocenters. The first-order valence-corrected chi connectivity index (χ1v) is 13.0. The van der Waals surface area contributed by atoms with E-state index in [-0.39, 0.29) is 37.1 Å². The molecule has 188 valence electrons. The van der Waals surface area contributed by atoms with E-state index in [0.717, 1.165) is 29.9 Å². The Morgan fingerprint density at radius 1 is 0.971 bits per heavy atom. The van der Waals surface area contributed by atoms with E-state index >= 15 is 0 Å². The van der Waals surface area contributed by atoms with Crippen molar-refractivity contribution in [2.24, 2.45) is 0 Å². The van der Waals surface area contributed by atoms with Gasteiger partial charge in [-0.3, -0.25) is 9.59 Å². The summed E-state index contributed by atoms with van der Waals surface area (Å²) < 4.78 is 10.7. The van der Waals surface area contributed by atoms with E-state index < -0.39 is 5.97 Å². The first kappa shape index (κ1) is 26.6. The van der Waals surface area contributed by atoms with Crippen molar-refractivity contribution in [1.29, 1.82) is 0 Å². The van der Waals surface area contributed by atoms with Gasteiger partial charge in [0, 0.05) is 29.3 Å². The van der Waals surface area contributed by atoms with Gasteiger partial charge in [-0.2, -0.15) is 0 Å². The number of hydrogen-bond donors (Lipinski definition) is 1. The van der Waals surface area contributed by atoms with Crippen molar-refractivity contribution in [2.45, 2.75) is 57.0 Å². The maximum absolute atomic E-state index is 12.6. The third-order valence-electron chi connectivity index (χ3n) is 5.98. The van der Waals surface area contributed by atoms with Crippen LogP contribution in [0, 0.1) is 6.92 Å². The second-order valence-electron chi connectivity index (χ2n) is 8.83. The number of benzene rings is 2. The standard InChI is InChI=1S/C27H34N2O5S/c1-19-7-13-24(14-8-19)35-16-15-28-25(30)17-34-27(32)22-9-11-23(12-10-22)33-18-26(31)29-20(2)5-4-6-21(29)3/h7-14,20-21H,4-6,15-18H2,1-3H3,(H,28,30). The maximum atomic E-state index is 12.6. The van der Waals surface area contributed by atoms with Gasteiger partial charge in [-0.1, -0.05) is 17.7 Å². The zero-order chi connectivity index (χ0) is 25.2. The quantitative estimate of drug-likeness (QED) is 0.300. The molecule has 1 aliphatic heterocycles. The van der Waals surface area contributed by atoms with Gasteiger partial charge < -0.3 is 19.7 Å². The van der Waals surface area contributed by atoms with Gasteiger partial charge >= 0.3 is 5.97 Å². The molecule has 0 spiro atoms. The van der Waals surface area contributed by atoms with Gasteiger partial charge in [0.25, 0.3) is 11.8 Å². The summed E-state index contributed by atoms with van der Waals surface area (Å²) >= 11 is 1.65. The van der Waals surface area contributed by atoms with E-state index in [1.807, 2.05) is 24.0 Å². The molecule has 1 saturated heterocycles. The first-order chi connectivity index (χ1) is 16.8. The van der Waals surface area contributed by atoms with Crippen LogP contribution in [0.25, 0.3) is 0 Å². The molecule has 1 fully saturated rings. The highest BCUT2D eigenvalue weighted by molar-refractivity contribution is 7.99. The summed E-state index contributed by atoms with van der Waals surface area (Å²) in [5.41, 5.74) is 1.52. The van der Waals surface area contributed by atoms with Crippen molar-refractivity contribution in [3.63, 3.8) is 0 Å². The summed E-state index contributed by atoms with van der Waals surface area (Å²) in [5.74, 6) is 0.255. The summed E-state index contributed by atoms with van der Waals surface area (Å²) in [4.78, 5) is 39.8. The average molecular weight is 499 g/mol. The Hall–Kier alpha value is -3.00. The van der Waals surface area contributed by atoms with Crippen LogP contribution >= 0.6 is 11.8 Å². The van der Waals surface area contributed by atoms with Crippen LogP contribution in [-0.4, -0.2) is 60.3 Å². The number of carbonyl (C=O) groups excluding carboxylic acids is 3. The van der Waals surface area contributed by atoms with Gasteiger partial charge in [-0.15, -0.1) is 11.8 Å². The van der Waals surface area contributed by atoms with Crippen molar-refractivity contribution in [3.05, 3.63) is 59.7 Å². The first-order valence-electron chi connectivity index (χ1n) is 12.0. The zero-order valence-electron chi connectivity index (χ0n) is 20.6. The lowest BCUT2D eigenvalue weighted by Gasteiger charge is -2.38. The molecule has 35 heavy (non-hydrogen) atoms. The summed E-state index contributed by atoms with van der Waals surface area (Å²) in [6, 6.07) is 15.0. The Morgan fingerprint density at radius 2 is 1.63 bits per heavy atom. The van der Waals surface area contributed by atoms with Gasteiger partial charge in [-0.25, -0.2) is 4.79 Å². The number of esters is 1. The number of aryl methyl sites for hydroxylation is 1. The molecule has 8 heteroatoms. The van der Waals surface area contributed by atoms with Crippen molar-refractivity contribution < 1.29 is 23.9 Å². The molecule has 0 aromatic heterocycles. The lowest BCUT2D eigenvalue weighted by atomic mass is 9.97. The number of rotatable bonds is 10. The number of nitrogens with zero attached hydrogens (tertiary/aromatic N) is 1. The van der Waals surface area contributed by atoms with E-state index in [2.05, 4.69) is 31.3 Å². The number of nitrogens with one attached hydrogen (secondary N) is 1. The van der Waals surface area contributed by atoms with Crippen molar-refractivity contribution in [1.82, 2.24) is 10.2 Å². The average Bonchev–Trinajstić information content (AvgIpc) is 2.85. The number of piperidine rings is 1. The number of amides is 2. The van der Waals surface area contributed by atoms with Gasteiger partial charge in [-0.05, 0) is 76.4 Å². The van der Waals surface area contributed by atoms with Crippen LogP contribution in [0.15, 0.2) is 53.4 Å². The van der Waals surface area contributed by atoms with Crippen LogP contribution in [0.2, 0.25) is 0 Å². The van der Waals surface area contributed by atoms with Crippen molar-refractivity contribution in [3.8, 4) is 5.75 Å². The molecule has 7 nitrogen and oxygen atoms in total. The lowest BCUT2D eigenvalue weighted by molar-refractivity contribution is -0.139. The highest BCUT2D eigenvalue weighted by Gasteiger charge is 2.29. The monoisotopic (exact) mass is 498 g/mol. The topological polar surface area (TPSA) is 84.9 Å². The highest BCUT2D eigenvalue weighted by atomic mass is 32.2. The Morgan fingerprint density at radius 3 is 2.29 bits per heavy atom. The minimum absolute atomic E-state index is 0.0311. The fourth-order valence-corrected chi connectivity index (χ4v) is 4.85. The smallest absolute Gasteiger partial charge is 0.338 e. The number of carbonyl (C=O) groups is 3. The molecule has 1 aliphatic rings. The Labute approximate surface area is 211 Å². The van der Waals surface area contributed by atoms with Gasteiger partial charge in [0.1, 0.15) is 5.75 Å². The molecule has 1 N–H and O–H groups in total. The molecule has 2 unspecified atom stereocenters. The summed E-state index contributed by atoms with van der Waals surface area (Å²) in [6.45, 7) is 6.28. The fraction of sp³-hybridized carbons (Fsp3) is 0.444. The lowest BCUT2D eigenvalue weighted by Crippen LogP contribution is -2.49.